The Morgan fingerprint density at radius 2 is 1.90 bits per heavy atom. The van der Waals surface area contributed by atoms with Crippen LogP contribution >= 0.6 is 22.9 Å². The predicted molar refractivity (Wildman–Crippen MR) is 88.5 cm³/mol. The second kappa shape index (κ2) is 5.71. The largest absolute Gasteiger partial charge is 0.325 e. The zero-order valence-corrected chi connectivity index (χ0v) is 12.8. The maximum atomic E-state index is 11.9. The first-order chi connectivity index (χ1) is 10.1. The number of urea groups is 1. The van der Waals surface area contributed by atoms with Crippen LogP contribution in [0.4, 0.5) is 15.6 Å². The molecule has 0 aliphatic rings. The first-order valence-corrected chi connectivity index (χ1v) is 7.51. The number of carbonyl (C=O) groups excluding carboxylic acids is 1. The van der Waals surface area contributed by atoms with Crippen molar-refractivity contribution in [1.29, 1.82) is 0 Å². The van der Waals surface area contributed by atoms with Crippen molar-refractivity contribution in [2.45, 2.75) is 6.92 Å². The highest BCUT2D eigenvalue weighted by atomic mass is 35.5. The quantitative estimate of drug-likeness (QED) is 0.706. The maximum absolute atomic E-state index is 11.9. The van der Waals surface area contributed by atoms with Gasteiger partial charge in [0.05, 0.1) is 10.2 Å². The van der Waals surface area contributed by atoms with E-state index in [2.05, 4.69) is 15.6 Å². The molecule has 2 amide bonds. The zero-order valence-electron chi connectivity index (χ0n) is 11.2. The Morgan fingerprint density at radius 1 is 1.14 bits per heavy atom. The van der Waals surface area contributed by atoms with Crippen LogP contribution in [0.2, 0.25) is 5.02 Å². The normalized spacial score (nSPS) is 10.6. The number of anilines is 2. The van der Waals surface area contributed by atoms with Crippen LogP contribution in [0.3, 0.4) is 0 Å². The van der Waals surface area contributed by atoms with Gasteiger partial charge in [-0.15, -0.1) is 0 Å². The Balaban J connectivity index is 1.74. The third-order valence-electron chi connectivity index (χ3n) is 2.94. The van der Waals surface area contributed by atoms with E-state index >= 15 is 0 Å². The Morgan fingerprint density at radius 3 is 2.62 bits per heavy atom. The molecular weight excluding hydrogens is 306 g/mol. The second-order valence-corrected chi connectivity index (χ2v) is 5.99. The molecule has 0 atom stereocenters. The van der Waals surface area contributed by atoms with Gasteiger partial charge in [-0.05, 0) is 42.8 Å². The number of aromatic nitrogens is 1. The number of thiazole rings is 1. The second-order valence-electron chi connectivity index (χ2n) is 4.53. The molecule has 3 aromatic rings. The molecule has 0 aliphatic heterocycles. The molecule has 6 heteroatoms. The molecule has 0 radical (unpaired) electrons. The molecule has 1 heterocycles. The Bertz CT molecular complexity index is 798. The Kier molecular flexibility index (Phi) is 3.77. The zero-order chi connectivity index (χ0) is 14.8. The van der Waals surface area contributed by atoms with E-state index in [9.17, 15) is 4.79 Å². The van der Waals surface area contributed by atoms with Crippen LogP contribution in [0.15, 0.2) is 42.5 Å². The minimum Gasteiger partial charge on any atom is -0.308 e. The number of aryl methyl sites for hydroxylation is 1. The number of carbonyl (C=O) groups is 1. The standard InChI is InChI=1S/C15H12ClN3OS/c1-9-3-2-4-12-13(9)18-15(21-12)19-14(20)17-11-7-5-10(16)6-8-11/h2-8H,1H3,(H2,17,18,19,20). The summed E-state index contributed by atoms with van der Waals surface area (Å²) in [6.45, 7) is 2.00. The first kappa shape index (κ1) is 13.9. The third kappa shape index (κ3) is 3.15. The van der Waals surface area contributed by atoms with Crippen LogP contribution < -0.4 is 10.6 Å². The van der Waals surface area contributed by atoms with Crippen LogP contribution in [0.25, 0.3) is 10.2 Å². The highest BCUT2D eigenvalue weighted by Gasteiger charge is 2.09. The van der Waals surface area contributed by atoms with E-state index < -0.39 is 0 Å². The number of hydrogen-bond donors (Lipinski definition) is 2. The number of nitrogens with zero attached hydrogens (tertiary/aromatic N) is 1. The SMILES string of the molecule is Cc1cccc2sc(NC(=O)Nc3ccc(Cl)cc3)nc12. The monoisotopic (exact) mass is 317 g/mol. The van der Waals surface area contributed by atoms with Crippen LogP contribution in [-0.2, 0) is 0 Å². The van der Waals surface area contributed by atoms with Crippen LogP contribution in [0, 0.1) is 6.92 Å². The lowest BCUT2D eigenvalue weighted by Crippen LogP contribution is -2.19. The molecule has 4 nitrogen and oxygen atoms in total. The van der Waals surface area contributed by atoms with Crippen molar-refractivity contribution in [3.63, 3.8) is 0 Å². The number of hydrogen-bond acceptors (Lipinski definition) is 3. The summed E-state index contributed by atoms with van der Waals surface area (Å²) < 4.78 is 1.05. The summed E-state index contributed by atoms with van der Waals surface area (Å²) in [6, 6.07) is 12.6. The summed E-state index contributed by atoms with van der Waals surface area (Å²) in [5, 5.41) is 6.68. The lowest BCUT2D eigenvalue weighted by molar-refractivity contribution is 0.262. The van der Waals surface area contributed by atoms with E-state index in [1.54, 1.807) is 24.3 Å². The van der Waals surface area contributed by atoms with Gasteiger partial charge in [0.1, 0.15) is 0 Å². The molecule has 0 saturated heterocycles. The molecule has 0 fully saturated rings. The smallest absolute Gasteiger partial charge is 0.308 e. The minimum atomic E-state index is -0.325. The summed E-state index contributed by atoms with van der Waals surface area (Å²) in [6.07, 6.45) is 0. The molecule has 106 valence electrons. The summed E-state index contributed by atoms with van der Waals surface area (Å²) in [5.41, 5.74) is 2.69. The van der Waals surface area contributed by atoms with Crippen LogP contribution in [-0.4, -0.2) is 11.0 Å². The van der Waals surface area contributed by atoms with Crippen LogP contribution in [0.1, 0.15) is 5.56 Å². The average molecular weight is 318 g/mol. The number of benzene rings is 2. The number of amides is 2. The lowest BCUT2D eigenvalue weighted by Gasteiger charge is -2.04. The summed E-state index contributed by atoms with van der Waals surface area (Å²) in [5.74, 6) is 0. The highest BCUT2D eigenvalue weighted by Crippen LogP contribution is 2.27. The molecule has 2 N–H and O–H groups in total. The van der Waals surface area contributed by atoms with Gasteiger partial charge in [0.2, 0.25) is 0 Å². The Labute approximate surface area is 130 Å². The lowest BCUT2D eigenvalue weighted by atomic mass is 10.2. The Hall–Kier alpha value is -2.11. The van der Waals surface area contributed by atoms with E-state index in [0.717, 1.165) is 15.8 Å². The molecule has 0 unspecified atom stereocenters. The third-order valence-corrected chi connectivity index (χ3v) is 4.13. The van der Waals surface area contributed by atoms with Gasteiger partial charge in [-0.3, -0.25) is 5.32 Å². The van der Waals surface area contributed by atoms with Gasteiger partial charge < -0.3 is 5.32 Å². The fourth-order valence-corrected chi connectivity index (χ4v) is 3.00. The van der Waals surface area contributed by atoms with Crippen molar-refractivity contribution in [2.75, 3.05) is 10.6 Å². The van der Waals surface area contributed by atoms with Crippen molar-refractivity contribution in [2.24, 2.45) is 0 Å². The molecule has 3 rings (SSSR count). The predicted octanol–water partition coefficient (Wildman–Crippen LogP) is 4.90. The number of nitrogens with one attached hydrogen (secondary N) is 2. The number of fused-ring (bicyclic) bond motifs is 1. The maximum Gasteiger partial charge on any atom is 0.325 e. The molecule has 21 heavy (non-hydrogen) atoms. The van der Waals surface area contributed by atoms with Crippen molar-refractivity contribution in [3.05, 3.63) is 53.1 Å². The summed E-state index contributed by atoms with van der Waals surface area (Å²) >= 11 is 7.25. The van der Waals surface area contributed by atoms with Gasteiger partial charge in [0.25, 0.3) is 0 Å². The molecule has 0 saturated carbocycles. The van der Waals surface area contributed by atoms with E-state index in [0.29, 0.717) is 15.8 Å². The van der Waals surface area contributed by atoms with E-state index in [1.165, 1.54) is 11.3 Å². The summed E-state index contributed by atoms with van der Waals surface area (Å²) in [4.78, 5) is 16.4. The summed E-state index contributed by atoms with van der Waals surface area (Å²) in [7, 11) is 0. The fourth-order valence-electron chi connectivity index (χ4n) is 1.93. The topological polar surface area (TPSA) is 54.0 Å². The molecule has 0 spiro atoms. The van der Waals surface area contributed by atoms with Crippen molar-refractivity contribution in [1.82, 2.24) is 4.98 Å². The van der Waals surface area contributed by atoms with Gasteiger partial charge in [-0.2, -0.15) is 0 Å². The van der Waals surface area contributed by atoms with Crippen molar-refractivity contribution >= 4 is 50.0 Å². The number of rotatable bonds is 2. The van der Waals surface area contributed by atoms with Gasteiger partial charge in [0, 0.05) is 10.7 Å². The van der Waals surface area contributed by atoms with Crippen molar-refractivity contribution in [3.8, 4) is 0 Å². The van der Waals surface area contributed by atoms with Gasteiger partial charge in [0.15, 0.2) is 5.13 Å². The molecular formula is C15H12ClN3OS. The van der Waals surface area contributed by atoms with E-state index in [1.807, 2.05) is 25.1 Å². The first-order valence-electron chi connectivity index (χ1n) is 6.31. The van der Waals surface area contributed by atoms with Crippen LogP contribution in [0.5, 0.6) is 0 Å². The van der Waals surface area contributed by atoms with E-state index in [-0.39, 0.29) is 6.03 Å². The molecule has 2 aromatic carbocycles. The molecule has 0 bridgehead atoms. The average Bonchev–Trinajstić information content (AvgIpc) is 2.85. The highest BCUT2D eigenvalue weighted by molar-refractivity contribution is 7.22. The van der Waals surface area contributed by atoms with Crippen molar-refractivity contribution < 1.29 is 4.79 Å². The molecule has 0 aliphatic carbocycles. The number of para-hydroxylation sites is 1. The minimum absolute atomic E-state index is 0.325. The fraction of sp³-hybridized carbons (Fsp3) is 0.0667. The van der Waals surface area contributed by atoms with Gasteiger partial charge in [-0.25, -0.2) is 9.78 Å². The van der Waals surface area contributed by atoms with E-state index in [4.69, 9.17) is 11.6 Å². The number of halogens is 1. The van der Waals surface area contributed by atoms with Gasteiger partial charge >= 0.3 is 6.03 Å². The van der Waals surface area contributed by atoms with Gasteiger partial charge in [-0.1, -0.05) is 35.1 Å². The molecule has 1 aromatic heterocycles.